The second-order valence-electron chi connectivity index (χ2n) is 3.79. The lowest BCUT2D eigenvalue weighted by Crippen LogP contribution is -2.05. The Morgan fingerprint density at radius 3 is 2.55 bits per heavy atom. The van der Waals surface area contributed by atoms with Crippen LogP contribution in [-0.4, -0.2) is 16.5 Å². The largest absolute Gasteiger partial charge is 0.369 e. The third-order valence-electron chi connectivity index (χ3n) is 2.38. The van der Waals surface area contributed by atoms with E-state index in [0.717, 1.165) is 6.07 Å². The summed E-state index contributed by atoms with van der Waals surface area (Å²) in [4.78, 5) is 7.87. The molecular weight excluding hydrogens is 337 g/mol. The Morgan fingerprint density at radius 2 is 1.85 bits per heavy atom. The van der Waals surface area contributed by atoms with Crippen LogP contribution in [0.3, 0.4) is 0 Å². The summed E-state index contributed by atoms with van der Waals surface area (Å²) in [6.07, 6.45) is 1.25. The van der Waals surface area contributed by atoms with Crippen molar-refractivity contribution in [2.75, 3.05) is 17.2 Å². The van der Waals surface area contributed by atoms with Gasteiger partial charge in [-0.25, -0.2) is 23.1 Å². The molecule has 2 rings (SSSR count). The number of benzene rings is 1. The zero-order chi connectivity index (χ0) is 14.7. The van der Waals surface area contributed by atoms with Crippen molar-refractivity contribution in [3.05, 3.63) is 40.4 Å². The Bertz CT molecular complexity index is 636. The third kappa shape index (κ3) is 3.01. The van der Waals surface area contributed by atoms with Gasteiger partial charge in [0.2, 0.25) is 0 Å². The molecule has 0 saturated carbocycles. The Kier molecular flexibility index (Phi) is 4.43. The molecule has 0 spiro atoms. The molecule has 0 unspecified atom stereocenters. The van der Waals surface area contributed by atoms with E-state index >= 15 is 0 Å². The van der Waals surface area contributed by atoms with E-state index in [-0.39, 0.29) is 11.5 Å². The number of anilines is 3. The van der Waals surface area contributed by atoms with Gasteiger partial charge in [0.15, 0.2) is 11.6 Å². The zero-order valence-electron chi connectivity index (χ0n) is 10.3. The molecule has 0 aliphatic heterocycles. The van der Waals surface area contributed by atoms with Crippen molar-refractivity contribution in [2.24, 2.45) is 0 Å². The molecule has 0 aliphatic carbocycles. The van der Waals surface area contributed by atoms with Crippen LogP contribution in [0.1, 0.15) is 6.92 Å². The summed E-state index contributed by atoms with van der Waals surface area (Å²) in [7, 11) is 0. The quantitative estimate of drug-likeness (QED) is 0.826. The number of rotatable bonds is 4. The van der Waals surface area contributed by atoms with Crippen LogP contribution < -0.4 is 10.6 Å². The lowest BCUT2D eigenvalue weighted by Gasteiger charge is -2.11. The number of hydrogen-bond acceptors (Lipinski definition) is 4. The van der Waals surface area contributed by atoms with Crippen LogP contribution >= 0.6 is 15.9 Å². The highest BCUT2D eigenvalue weighted by Gasteiger charge is 2.14. The lowest BCUT2D eigenvalue weighted by atomic mass is 10.3. The maximum absolute atomic E-state index is 13.6. The molecule has 0 atom stereocenters. The number of aromatic nitrogens is 2. The van der Waals surface area contributed by atoms with Gasteiger partial charge in [-0.05, 0) is 22.9 Å². The predicted octanol–water partition coefficient (Wildman–Crippen LogP) is 3.83. The minimum Gasteiger partial charge on any atom is -0.369 e. The first-order chi connectivity index (χ1) is 9.52. The van der Waals surface area contributed by atoms with Crippen molar-refractivity contribution in [1.29, 1.82) is 0 Å². The minimum atomic E-state index is -1.27. The molecule has 0 aliphatic rings. The molecule has 106 valence electrons. The van der Waals surface area contributed by atoms with Gasteiger partial charge in [-0.3, -0.25) is 0 Å². The van der Waals surface area contributed by atoms with Crippen LogP contribution in [0.2, 0.25) is 0 Å². The van der Waals surface area contributed by atoms with Gasteiger partial charge in [0, 0.05) is 18.7 Å². The fourth-order valence-corrected chi connectivity index (χ4v) is 1.97. The van der Waals surface area contributed by atoms with E-state index in [1.54, 1.807) is 0 Å². The molecule has 2 N–H and O–H groups in total. The molecule has 0 bridgehead atoms. The van der Waals surface area contributed by atoms with Crippen LogP contribution in [0.15, 0.2) is 22.9 Å². The van der Waals surface area contributed by atoms with Crippen molar-refractivity contribution in [2.45, 2.75) is 6.92 Å². The SMILES string of the molecule is CCNc1ncnc(Nc2cc(F)cc(F)c2F)c1Br. The molecule has 1 aromatic carbocycles. The van der Waals surface area contributed by atoms with Gasteiger partial charge in [0.1, 0.15) is 28.3 Å². The summed E-state index contributed by atoms with van der Waals surface area (Å²) in [5, 5.41) is 5.49. The van der Waals surface area contributed by atoms with Gasteiger partial charge in [-0.15, -0.1) is 0 Å². The van der Waals surface area contributed by atoms with E-state index in [1.165, 1.54) is 6.33 Å². The second kappa shape index (κ2) is 6.08. The highest BCUT2D eigenvalue weighted by atomic mass is 79.9. The Hall–Kier alpha value is -1.83. The molecule has 0 amide bonds. The summed E-state index contributed by atoms with van der Waals surface area (Å²) in [5.74, 6) is -2.66. The predicted molar refractivity (Wildman–Crippen MR) is 73.5 cm³/mol. The van der Waals surface area contributed by atoms with Crippen molar-refractivity contribution in [3.8, 4) is 0 Å². The average molecular weight is 347 g/mol. The van der Waals surface area contributed by atoms with Gasteiger partial charge in [-0.2, -0.15) is 0 Å². The second-order valence-corrected chi connectivity index (χ2v) is 4.58. The van der Waals surface area contributed by atoms with Gasteiger partial charge in [0.05, 0.1) is 5.69 Å². The summed E-state index contributed by atoms with van der Waals surface area (Å²) >= 11 is 3.24. The average Bonchev–Trinajstić information content (AvgIpc) is 2.40. The first kappa shape index (κ1) is 14.6. The molecule has 0 fully saturated rings. The molecule has 0 saturated heterocycles. The standard InChI is InChI=1S/C12H10BrF3N4/c1-2-17-11-9(13)12(19-5-18-11)20-8-4-6(14)3-7(15)10(8)16/h3-5H,2H2,1H3,(H2,17,18,19,20). The number of nitrogens with zero attached hydrogens (tertiary/aromatic N) is 2. The molecule has 20 heavy (non-hydrogen) atoms. The Labute approximate surface area is 121 Å². The molecule has 0 radical (unpaired) electrons. The fraction of sp³-hybridized carbons (Fsp3) is 0.167. The monoisotopic (exact) mass is 346 g/mol. The molecule has 4 nitrogen and oxygen atoms in total. The van der Waals surface area contributed by atoms with E-state index in [2.05, 4.69) is 36.5 Å². The summed E-state index contributed by atoms with van der Waals surface area (Å²) in [5.41, 5.74) is -0.343. The maximum atomic E-state index is 13.6. The van der Waals surface area contributed by atoms with Crippen LogP contribution in [-0.2, 0) is 0 Å². The summed E-state index contributed by atoms with van der Waals surface area (Å²) in [6, 6.07) is 1.32. The lowest BCUT2D eigenvalue weighted by molar-refractivity contribution is 0.498. The molecule has 8 heteroatoms. The van der Waals surface area contributed by atoms with Crippen molar-refractivity contribution in [1.82, 2.24) is 9.97 Å². The topological polar surface area (TPSA) is 49.8 Å². The van der Waals surface area contributed by atoms with Gasteiger partial charge in [0.25, 0.3) is 0 Å². The highest BCUT2D eigenvalue weighted by molar-refractivity contribution is 9.10. The maximum Gasteiger partial charge on any atom is 0.182 e. The normalized spacial score (nSPS) is 10.4. The van der Waals surface area contributed by atoms with Gasteiger partial charge < -0.3 is 10.6 Å². The van der Waals surface area contributed by atoms with Crippen LogP contribution in [0.4, 0.5) is 30.5 Å². The molecule has 1 heterocycles. The Balaban J connectivity index is 2.38. The smallest absolute Gasteiger partial charge is 0.182 e. The van der Waals surface area contributed by atoms with Crippen molar-refractivity contribution < 1.29 is 13.2 Å². The summed E-state index contributed by atoms with van der Waals surface area (Å²) in [6.45, 7) is 2.50. The molecule has 2 aromatic rings. The van der Waals surface area contributed by atoms with Crippen LogP contribution in [0, 0.1) is 17.5 Å². The fourth-order valence-electron chi connectivity index (χ4n) is 1.52. The van der Waals surface area contributed by atoms with Crippen LogP contribution in [0.5, 0.6) is 0 Å². The van der Waals surface area contributed by atoms with Crippen LogP contribution in [0.25, 0.3) is 0 Å². The first-order valence-electron chi connectivity index (χ1n) is 5.68. The summed E-state index contributed by atoms with van der Waals surface area (Å²) < 4.78 is 40.2. The van der Waals surface area contributed by atoms with E-state index in [9.17, 15) is 13.2 Å². The van der Waals surface area contributed by atoms with E-state index in [4.69, 9.17) is 0 Å². The number of halogens is 4. The third-order valence-corrected chi connectivity index (χ3v) is 3.13. The van der Waals surface area contributed by atoms with E-state index < -0.39 is 17.5 Å². The molecular formula is C12H10BrF3N4. The van der Waals surface area contributed by atoms with Gasteiger partial charge >= 0.3 is 0 Å². The first-order valence-corrected chi connectivity index (χ1v) is 6.48. The van der Waals surface area contributed by atoms with Crippen molar-refractivity contribution in [3.63, 3.8) is 0 Å². The van der Waals surface area contributed by atoms with Crippen molar-refractivity contribution >= 4 is 33.3 Å². The number of hydrogen-bond donors (Lipinski definition) is 2. The van der Waals surface area contributed by atoms with Gasteiger partial charge in [-0.1, -0.05) is 0 Å². The minimum absolute atomic E-state index is 0.194. The van der Waals surface area contributed by atoms with E-state index in [1.807, 2.05) is 6.92 Å². The highest BCUT2D eigenvalue weighted by Crippen LogP contribution is 2.30. The zero-order valence-corrected chi connectivity index (χ0v) is 11.9. The number of nitrogens with one attached hydrogen (secondary N) is 2. The Morgan fingerprint density at radius 1 is 1.15 bits per heavy atom. The van der Waals surface area contributed by atoms with E-state index in [0.29, 0.717) is 22.9 Å². The molecule has 1 aromatic heterocycles.